The molecular formula is C15H14BrN3OS. The first-order valence-electron chi connectivity index (χ1n) is 6.54. The van der Waals surface area contributed by atoms with Crippen LogP contribution in [0, 0.1) is 0 Å². The van der Waals surface area contributed by atoms with Crippen molar-refractivity contribution in [3.8, 4) is 0 Å². The number of rotatable bonds is 4. The lowest BCUT2D eigenvalue weighted by Crippen LogP contribution is -2.30. The molecule has 2 heterocycles. The summed E-state index contributed by atoms with van der Waals surface area (Å²) >= 11 is 5.01. The lowest BCUT2D eigenvalue weighted by Gasteiger charge is -2.17. The predicted molar refractivity (Wildman–Crippen MR) is 88.7 cm³/mol. The number of nitrogens with zero attached hydrogens (tertiary/aromatic N) is 3. The molecule has 0 atom stereocenters. The van der Waals surface area contributed by atoms with Gasteiger partial charge in [-0.05, 0) is 44.9 Å². The number of aromatic nitrogens is 2. The first kappa shape index (κ1) is 14.3. The molecule has 3 rings (SSSR count). The van der Waals surface area contributed by atoms with Gasteiger partial charge in [-0.15, -0.1) is 11.3 Å². The first-order valence-corrected chi connectivity index (χ1v) is 8.21. The number of likely N-dealkylation sites (N-methyl/N-ethyl adjacent to an activating group) is 1. The number of carbonyl (C=O) groups excluding carboxylic acids is 1. The summed E-state index contributed by atoms with van der Waals surface area (Å²) in [4.78, 5) is 14.2. The molecule has 3 aromatic rings. The van der Waals surface area contributed by atoms with E-state index in [0.717, 1.165) is 14.7 Å². The maximum atomic E-state index is 12.4. The maximum Gasteiger partial charge on any atom is 0.253 e. The van der Waals surface area contributed by atoms with Crippen molar-refractivity contribution in [1.82, 2.24) is 14.7 Å². The molecule has 0 saturated carbocycles. The lowest BCUT2D eigenvalue weighted by molar-refractivity contribution is 0.0789. The Bertz CT molecular complexity index is 780. The second-order valence-electron chi connectivity index (χ2n) is 4.82. The zero-order valence-corrected chi connectivity index (χ0v) is 13.9. The van der Waals surface area contributed by atoms with Crippen molar-refractivity contribution in [2.24, 2.45) is 0 Å². The van der Waals surface area contributed by atoms with Crippen molar-refractivity contribution in [1.29, 1.82) is 0 Å². The van der Waals surface area contributed by atoms with Gasteiger partial charge in [0.2, 0.25) is 0 Å². The highest BCUT2D eigenvalue weighted by molar-refractivity contribution is 9.10. The first-order chi connectivity index (χ1) is 10.1. The molecule has 0 aliphatic heterocycles. The second kappa shape index (κ2) is 5.99. The highest BCUT2D eigenvalue weighted by atomic mass is 79.9. The molecule has 0 fully saturated rings. The van der Waals surface area contributed by atoms with E-state index in [1.165, 1.54) is 5.39 Å². The van der Waals surface area contributed by atoms with Crippen LogP contribution in [0.15, 0.2) is 46.5 Å². The molecule has 0 spiro atoms. The summed E-state index contributed by atoms with van der Waals surface area (Å²) in [6.07, 6.45) is 3.64. The fourth-order valence-electron chi connectivity index (χ4n) is 2.12. The topological polar surface area (TPSA) is 38.1 Å². The van der Waals surface area contributed by atoms with Crippen molar-refractivity contribution < 1.29 is 4.79 Å². The van der Waals surface area contributed by atoms with E-state index < -0.39 is 0 Å². The van der Waals surface area contributed by atoms with Crippen molar-refractivity contribution in [2.75, 3.05) is 13.6 Å². The van der Waals surface area contributed by atoms with Crippen molar-refractivity contribution in [3.63, 3.8) is 0 Å². The van der Waals surface area contributed by atoms with Crippen LogP contribution in [0.25, 0.3) is 10.1 Å². The summed E-state index contributed by atoms with van der Waals surface area (Å²) in [6.45, 7) is 1.30. The van der Waals surface area contributed by atoms with E-state index in [-0.39, 0.29) is 5.91 Å². The predicted octanol–water partition coefficient (Wildman–Crippen LogP) is 3.63. The van der Waals surface area contributed by atoms with Gasteiger partial charge in [-0.25, -0.2) is 0 Å². The van der Waals surface area contributed by atoms with Gasteiger partial charge in [0.15, 0.2) is 0 Å². The van der Waals surface area contributed by atoms with Crippen molar-refractivity contribution in [3.05, 3.63) is 52.1 Å². The molecule has 1 aromatic carbocycles. The lowest BCUT2D eigenvalue weighted by atomic mass is 10.1. The van der Waals surface area contributed by atoms with Crippen LogP contribution in [0.3, 0.4) is 0 Å². The molecule has 2 aromatic heterocycles. The Balaban J connectivity index is 1.68. The Kier molecular flexibility index (Phi) is 4.07. The Labute approximate surface area is 135 Å². The molecule has 0 N–H and O–H groups in total. The zero-order valence-electron chi connectivity index (χ0n) is 11.5. The SMILES string of the molecule is CN(CCn1cc(Br)cn1)C(=O)c1ccc2ccsc2c1. The van der Waals surface area contributed by atoms with Gasteiger partial charge < -0.3 is 4.90 Å². The summed E-state index contributed by atoms with van der Waals surface area (Å²) in [6, 6.07) is 7.91. The Hall–Kier alpha value is -1.66. The number of carbonyl (C=O) groups is 1. The third-order valence-electron chi connectivity index (χ3n) is 3.32. The molecule has 0 radical (unpaired) electrons. The largest absolute Gasteiger partial charge is 0.340 e. The summed E-state index contributed by atoms with van der Waals surface area (Å²) < 4.78 is 3.90. The van der Waals surface area contributed by atoms with Gasteiger partial charge in [-0.2, -0.15) is 5.10 Å². The summed E-state index contributed by atoms with van der Waals surface area (Å²) in [5, 5.41) is 7.41. The molecule has 0 aliphatic carbocycles. The average molecular weight is 364 g/mol. The van der Waals surface area contributed by atoms with Gasteiger partial charge in [-0.1, -0.05) is 6.07 Å². The Morgan fingerprint density at radius 1 is 1.43 bits per heavy atom. The van der Waals surface area contributed by atoms with Gasteiger partial charge in [0.25, 0.3) is 5.91 Å². The molecule has 0 aliphatic rings. The number of amides is 1. The monoisotopic (exact) mass is 363 g/mol. The smallest absolute Gasteiger partial charge is 0.253 e. The van der Waals surface area contributed by atoms with Gasteiger partial charge in [0.05, 0.1) is 17.2 Å². The number of thiophene rings is 1. The van der Waals surface area contributed by atoms with Crippen molar-refractivity contribution in [2.45, 2.75) is 6.54 Å². The van der Waals surface area contributed by atoms with E-state index in [1.54, 1.807) is 22.4 Å². The van der Waals surface area contributed by atoms with Crippen LogP contribution in [0.1, 0.15) is 10.4 Å². The van der Waals surface area contributed by atoms with E-state index in [0.29, 0.717) is 13.1 Å². The maximum absolute atomic E-state index is 12.4. The van der Waals surface area contributed by atoms with Gasteiger partial charge in [0.1, 0.15) is 0 Å². The second-order valence-corrected chi connectivity index (χ2v) is 6.68. The van der Waals surface area contributed by atoms with Gasteiger partial charge in [0, 0.05) is 30.1 Å². The fourth-order valence-corrected chi connectivity index (χ4v) is 3.28. The van der Waals surface area contributed by atoms with Crippen LogP contribution < -0.4 is 0 Å². The minimum Gasteiger partial charge on any atom is -0.340 e. The van der Waals surface area contributed by atoms with Gasteiger partial charge in [-0.3, -0.25) is 9.48 Å². The molecule has 0 bridgehead atoms. The summed E-state index contributed by atoms with van der Waals surface area (Å²) in [5.74, 6) is 0.0384. The molecule has 1 amide bonds. The molecule has 6 heteroatoms. The van der Waals surface area contributed by atoms with E-state index in [4.69, 9.17) is 0 Å². The van der Waals surface area contributed by atoms with Gasteiger partial charge >= 0.3 is 0 Å². The average Bonchev–Trinajstić information content (AvgIpc) is 3.11. The Morgan fingerprint density at radius 3 is 3.05 bits per heavy atom. The fraction of sp³-hybridized carbons (Fsp3) is 0.200. The standard InChI is InChI=1S/C15H14BrN3OS/c1-18(5-6-19-10-13(16)9-17-19)15(20)12-3-2-11-4-7-21-14(11)8-12/h2-4,7-10H,5-6H2,1H3. The Morgan fingerprint density at radius 2 is 2.29 bits per heavy atom. The van der Waals surface area contributed by atoms with Crippen LogP contribution >= 0.6 is 27.3 Å². The van der Waals surface area contributed by atoms with Crippen LogP contribution in [-0.4, -0.2) is 34.2 Å². The number of benzene rings is 1. The van der Waals surface area contributed by atoms with Crippen LogP contribution in [0.4, 0.5) is 0 Å². The molecule has 0 saturated heterocycles. The van der Waals surface area contributed by atoms with E-state index in [9.17, 15) is 4.79 Å². The normalized spacial score (nSPS) is 11.0. The van der Waals surface area contributed by atoms with Crippen LogP contribution in [-0.2, 0) is 6.54 Å². The minimum absolute atomic E-state index is 0.0384. The third-order valence-corrected chi connectivity index (χ3v) is 4.61. The van der Waals surface area contributed by atoms with Crippen LogP contribution in [0.2, 0.25) is 0 Å². The van der Waals surface area contributed by atoms with E-state index in [2.05, 4.69) is 27.1 Å². The van der Waals surface area contributed by atoms with E-state index in [1.807, 2.05) is 41.5 Å². The molecule has 4 nitrogen and oxygen atoms in total. The summed E-state index contributed by atoms with van der Waals surface area (Å²) in [7, 11) is 1.82. The number of hydrogen-bond donors (Lipinski definition) is 0. The number of halogens is 1. The number of fused-ring (bicyclic) bond motifs is 1. The number of hydrogen-bond acceptors (Lipinski definition) is 3. The van der Waals surface area contributed by atoms with Crippen LogP contribution in [0.5, 0.6) is 0 Å². The molecule has 0 unspecified atom stereocenters. The quantitative estimate of drug-likeness (QED) is 0.709. The highest BCUT2D eigenvalue weighted by Crippen LogP contribution is 2.22. The van der Waals surface area contributed by atoms with Crippen molar-refractivity contribution >= 4 is 43.3 Å². The highest BCUT2D eigenvalue weighted by Gasteiger charge is 2.12. The minimum atomic E-state index is 0.0384. The molecule has 108 valence electrons. The third kappa shape index (κ3) is 3.16. The summed E-state index contributed by atoms with van der Waals surface area (Å²) in [5.41, 5.74) is 0.731. The molecule has 21 heavy (non-hydrogen) atoms. The molecular weight excluding hydrogens is 350 g/mol. The zero-order chi connectivity index (χ0) is 14.8. The van der Waals surface area contributed by atoms with E-state index >= 15 is 0 Å².